The lowest BCUT2D eigenvalue weighted by molar-refractivity contribution is 0.0439. The summed E-state index contributed by atoms with van der Waals surface area (Å²) in [7, 11) is 0. The first-order valence-corrected chi connectivity index (χ1v) is 7.04. The molecule has 0 unspecified atom stereocenters. The maximum Gasteiger partial charge on any atom is 0.130 e. The van der Waals surface area contributed by atoms with Crippen LogP contribution in [-0.4, -0.2) is 23.9 Å². The van der Waals surface area contributed by atoms with E-state index in [1.54, 1.807) is 0 Å². The Labute approximate surface area is 125 Å². The number of ether oxygens (including phenoxy) is 1. The summed E-state index contributed by atoms with van der Waals surface area (Å²) in [5, 5.41) is 0. The van der Waals surface area contributed by atoms with Crippen LogP contribution in [0.4, 0.5) is 5.82 Å². The van der Waals surface area contributed by atoms with E-state index in [1.165, 1.54) is 0 Å². The van der Waals surface area contributed by atoms with Crippen molar-refractivity contribution in [1.29, 1.82) is 0 Å². The predicted molar refractivity (Wildman–Crippen MR) is 84.0 cm³/mol. The third-order valence-corrected chi connectivity index (χ3v) is 3.38. The summed E-state index contributed by atoms with van der Waals surface area (Å²) < 4.78 is 5.70. The average molecular weight is 278 g/mol. The van der Waals surface area contributed by atoms with Crippen LogP contribution in [0, 0.1) is 11.8 Å². The molecule has 2 aromatic rings. The maximum absolute atomic E-state index is 5.70. The van der Waals surface area contributed by atoms with Gasteiger partial charge in [0, 0.05) is 17.3 Å². The SMILES string of the molecule is CC1(C)CN(c2ccc(C#Cc3ccccc3)cn2)CO1. The van der Waals surface area contributed by atoms with Gasteiger partial charge in [-0.2, -0.15) is 0 Å². The summed E-state index contributed by atoms with van der Waals surface area (Å²) in [6.07, 6.45) is 1.82. The van der Waals surface area contributed by atoms with Crippen molar-refractivity contribution in [2.75, 3.05) is 18.2 Å². The first kappa shape index (κ1) is 13.7. The predicted octanol–water partition coefficient (Wildman–Crippen LogP) is 3.05. The zero-order chi connectivity index (χ0) is 14.7. The van der Waals surface area contributed by atoms with E-state index < -0.39 is 0 Å². The first-order chi connectivity index (χ1) is 10.1. The van der Waals surface area contributed by atoms with E-state index in [4.69, 9.17) is 4.74 Å². The van der Waals surface area contributed by atoms with Crippen molar-refractivity contribution in [3.8, 4) is 11.8 Å². The Hall–Kier alpha value is -2.31. The Morgan fingerprint density at radius 3 is 2.43 bits per heavy atom. The zero-order valence-electron chi connectivity index (χ0n) is 12.3. The highest BCUT2D eigenvalue weighted by atomic mass is 16.5. The summed E-state index contributed by atoms with van der Waals surface area (Å²) in [5.74, 6) is 7.20. The second kappa shape index (κ2) is 5.59. The van der Waals surface area contributed by atoms with Crippen LogP contribution in [0.15, 0.2) is 48.7 Å². The van der Waals surface area contributed by atoms with Crippen molar-refractivity contribution in [3.05, 3.63) is 59.8 Å². The van der Waals surface area contributed by atoms with E-state index in [1.807, 2.05) is 48.7 Å². The molecule has 1 aromatic heterocycles. The van der Waals surface area contributed by atoms with Crippen molar-refractivity contribution in [1.82, 2.24) is 4.98 Å². The standard InChI is InChI=1S/C18H18N2O/c1-18(2)13-20(14-21-18)17-11-10-16(12-19-17)9-8-15-6-4-3-5-7-15/h3-7,10-12H,13-14H2,1-2H3. The monoisotopic (exact) mass is 278 g/mol. The van der Waals surface area contributed by atoms with Crippen LogP contribution in [-0.2, 0) is 4.74 Å². The molecule has 0 atom stereocenters. The van der Waals surface area contributed by atoms with E-state index in [9.17, 15) is 0 Å². The Morgan fingerprint density at radius 1 is 1.05 bits per heavy atom. The molecule has 3 heteroatoms. The third-order valence-electron chi connectivity index (χ3n) is 3.38. The van der Waals surface area contributed by atoms with Gasteiger partial charge >= 0.3 is 0 Å². The lowest BCUT2D eigenvalue weighted by Gasteiger charge is -2.17. The second-order valence-corrected chi connectivity index (χ2v) is 5.75. The number of benzene rings is 1. The number of pyridine rings is 1. The molecule has 3 nitrogen and oxygen atoms in total. The average Bonchev–Trinajstić information content (AvgIpc) is 2.87. The molecule has 0 bridgehead atoms. The number of anilines is 1. The number of hydrogen-bond acceptors (Lipinski definition) is 3. The molecule has 0 amide bonds. The Bertz CT molecular complexity index is 666. The largest absolute Gasteiger partial charge is 0.353 e. The van der Waals surface area contributed by atoms with Gasteiger partial charge in [-0.1, -0.05) is 30.0 Å². The molecule has 0 aliphatic carbocycles. The van der Waals surface area contributed by atoms with Crippen LogP contribution in [0.5, 0.6) is 0 Å². The summed E-state index contributed by atoms with van der Waals surface area (Å²) in [4.78, 5) is 6.62. The summed E-state index contributed by atoms with van der Waals surface area (Å²) in [5.41, 5.74) is 1.83. The van der Waals surface area contributed by atoms with E-state index in [2.05, 4.69) is 35.6 Å². The fourth-order valence-electron chi connectivity index (χ4n) is 2.26. The van der Waals surface area contributed by atoms with Gasteiger partial charge in [0.25, 0.3) is 0 Å². The molecular weight excluding hydrogens is 260 g/mol. The van der Waals surface area contributed by atoms with Gasteiger partial charge < -0.3 is 9.64 Å². The smallest absolute Gasteiger partial charge is 0.130 e. The molecule has 2 heterocycles. The van der Waals surface area contributed by atoms with Gasteiger partial charge in [-0.3, -0.25) is 0 Å². The minimum absolute atomic E-state index is 0.104. The van der Waals surface area contributed by atoms with E-state index in [0.717, 1.165) is 23.5 Å². The third kappa shape index (κ3) is 3.42. The molecule has 1 saturated heterocycles. The molecular formula is C18H18N2O. The second-order valence-electron chi connectivity index (χ2n) is 5.75. The van der Waals surface area contributed by atoms with Crippen LogP contribution in [0.3, 0.4) is 0 Å². The van der Waals surface area contributed by atoms with Gasteiger partial charge in [-0.15, -0.1) is 0 Å². The van der Waals surface area contributed by atoms with Crippen LogP contribution >= 0.6 is 0 Å². The Balaban J connectivity index is 1.72. The first-order valence-electron chi connectivity index (χ1n) is 7.04. The van der Waals surface area contributed by atoms with Crippen molar-refractivity contribution >= 4 is 5.82 Å². The van der Waals surface area contributed by atoms with Gasteiger partial charge in [0.2, 0.25) is 0 Å². The van der Waals surface area contributed by atoms with Crippen molar-refractivity contribution in [3.63, 3.8) is 0 Å². The highest BCUT2D eigenvalue weighted by Gasteiger charge is 2.30. The van der Waals surface area contributed by atoms with Gasteiger partial charge in [0.15, 0.2) is 0 Å². The topological polar surface area (TPSA) is 25.4 Å². The lowest BCUT2D eigenvalue weighted by Crippen LogP contribution is -2.27. The summed E-state index contributed by atoms with van der Waals surface area (Å²) in [6.45, 7) is 5.63. The van der Waals surface area contributed by atoms with Gasteiger partial charge in [-0.25, -0.2) is 4.98 Å². The molecule has 1 aliphatic rings. The molecule has 0 spiro atoms. The minimum Gasteiger partial charge on any atom is -0.353 e. The molecule has 21 heavy (non-hydrogen) atoms. The van der Waals surface area contributed by atoms with E-state index in [-0.39, 0.29) is 5.60 Å². The van der Waals surface area contributed by atoms with E-state index in [0.29, 0.717) is 6.73 Å². The molecule has 1 aliphatic heterocycles. The van der Waals surface area contributed by atoms with Gasteiger partial charge in [-0.05, 0) is 38.1 Å². The van der Waals surface area contributed by atoms with Gasteiger partial charge in [0.1, 0.15) is 12.5 Å². The molecule has 0 saturated carbocycles. The quantitative estimate of drug-likeness (QED) is 0.750. The van der Waals surface area contributed by atoms with Crippen LogP contribution in [0.25, 0.3) is 0 Å². The van der Waals surface area contributed by atoms with Crippen molar-refractivity contribution in [2.24, 2.45) is 0 Å². The van der Waals surface area contributed by atoms with Crippen LogP contribution in [0.1, 0.15) is 25.0 Å². The summed E-state index contributed by atoms with van der Waals surface area (Å²) >= 11 is 0. The number of hydrogen-bond donors (Lipinski definition) is 0. The normalized spacial score (nSPS) is 16.4. The minimum atomic E-state index is -0.104. The number of nitrogens with zero attached hydrogens (tertiary/aromatic N) is 2. The zero-order valence-corrected chi connectivity index (χ0v) is 12.3. The molecule has 106 valence electrons. The Morgan fingerprint density at radius 2 is 1.81 bits per heavy atom. The summed E-state index contributed by atoms with van der Waals surface area (Å²) in [6, 6.07) is 14.0. The molecule has 1 fully saturated rings. The fourth-order valence-corrected chi connectivity index (χ4v) is 2.26. The van der Waals surface area contributed by atoms with Crippen LogP contribution in [0.2, 0.25) is 0 Å². The van der Waals surface area contributed by atoms with Gasteiger partial charge in [0.05, 0.1) is 12.1 Å². The van der Waals surface area contributed by atoms with Crippen LogP contribution < -0.4 is 4.90 Å². The lowest BCUT2D eigenvalue weighted by atomic mass is 10.1. The maximum atomic E-state index is 5.70. The fraction of sp³-hybridized carbons (Fsp3) is 0.278. The van der Waals surface area contributed by atoms with Crippen molar-refractivity contribution < 1.29 is 4.74 Å². The highest BCUT2D eigenvalue weighted by Crippen LogP contribution is 2.23. The molecule has 0 N–H and O–H groups in total. The molecule has 3 rings (SSSR count). The number of rotatable bonds is 1. The van der Waals surface area contributed by atoms with E-state index >= 15 is 0 Å². The number of aromatic nitrogens is 1. The highest BCUT2D eigenvalue weighted by molar-refractivity contribution is 5.46. The van der Waals surface area contributed by atoms with Crippen molar-refractivity contribution in [2.45, 2.75) is 19.4 Å². The molecule has 0 radical (unpaired) electrons. The Kier molecular flexibility index (Phi) is 3.64. The molecule has 1 aromatic carbocycles.